The minimum atomic E-state index is -0.976. The average Bonchev–Trinajstić information content (AvgIpc) is 2.83. The molecule has 0 spiro atoms. The van der Waals surface area contributed by atoms with E-state index >= 15 is 0 Å². The van der Waals surface area contributed by atoms with Crippen molar-refractivity contribution in [2.45, 2.75) is 57.3 Å². The number of anilines is 1. The maximum atomic E-state index is 13.3. The van der Waals surface area contributed by atoms with E-state index in [1.807, 2.05) is 73.7 Å². The van der Waals surface area contributed by atoms with Gasteiger partial charge in [0.05, 0.1) is 17.3 Å². The number of cyclic esters (lactones) is 1. The van der Waals surface area contributed by atoms with E-state index in [0.29, 0.717) is 19.4 Å². The van der Waals surface area contributed by atoms with E-state index in [0.717, 1.165) is 41.3 Å². The van der Waals surface area contributed by atoms with Crippen molar-refractivity contribution in [2.24, 2.45) is 0 Å². The Morgan fingerprint density at radius 1 is 1.00 bits per heavy atom. The average molecular weight is 487 g/mol. The lowest BCUT2D eigenvalue weighted by atomic mass is 9.80. The molecular formula is C29H34N4O3. The Labute approximate surface area is 212 Å². The molecule has 0 saturated carbocycles. The van der Waals surface area contributed by atoms with Crippen LogP contribution in [0.1, 0.15) is 57.2 Å². The molecule has 1 N–H and O–H groups in total. The van der Waals surface area contributed by atoms with Gasteiger partial charge in [0.1, 0.15) is 5.60 Å². The molecule has 3 aromatic rings. The van der Waals surface area contributed by atoms with Crippen molar-refractivity contribution in [1.82, 2.24) is 15.1 Å². The number of benzene rings is 2. The van der Waals surface area contributed by atoms with Crippen LogP contribution in [-0.4, -0.2) is 51.5 Å². The molecule has 2 aliphatic heterocycles. The maximum absolute atomic E-state index is 13.3. The molecule has 7 nitrogen and oxygen atoms in total. The van der Waals surface area contributed by atoms with Gasteiger partial charge in [0, 0.05) is 38.0 Å². The lowest BCUT2D eigenvalue weighted by molar-refractivity contribution is -0.101. The molecular weight excluding hydrogens is 452 g/mol. The molecule has 0 bridgehead atoms. The predicted octanol–water partition coefficient (Wildman–Crippen LogP) is 5.31. The van der Waals surface area contributed by atoms with Gasteiger partial charge in [0.15, 0.2) is 5.82 Å². The van der Waals surface area contributed by atoms with Crippen LogP contribution in [0.3, 0.4) is 0 Å². The van der Waals surface area contributed by atoms with Crippen LogP contribution in [0.2, 0.25) is 0 Å². The van der Waals surface area contributed by atoms with Crippen molar-refractivity contribution in [3.05, 3.63) is 77.9 Å². The number of aromatic nitrogens is 2. The first-order valence-electron chi connectivity index (χ1n) is 12.7. The largest absolute Gasteiger partial charge is 0.438 e. The summed E-state index contributed by atoms with van der Waals surface area (Å²) >= 11 is 0. The van der Waals surface area contributed by atoms with Crippen LogP contribution in [0.15, 0.2) is 66.7 Å². The van der Waals surface area contributed by atoms with Gasteiger partial charge in [0.25, 0.3) is 0 Å². The number of aliphatic hydroxyl groups is 1. The third-order valence-corrected chi connectivity index (χ3v) is 7.28. The van der Waals surface area contributed by atoms with Crippen molar-refractivity contribution in [3.8, 4) is 11.3 Å². The number of amides is 1. The quantitative estimate of drug-likeness (QED) is 0.487. The molecule has 3 heterocycles. The van der Waals surface area contributed by atoms with Crippen LogP contribution in [0.5, 0.6) is 0 Å². The topological polar surface area (TPSA) is 78.8 Å². The first-order chi connectivity index (χ1) is 17.2. The Morgan fingerprint density at radius 3 is 2.28 bits per heavy atom. The highest BCUT2D eigenvalue weighted by atomic mass is 16.6. The molecule has 2 fully saturated rings. The van der Waals surface area contributed by atoms with Gasteiger partial charge in [-0.1, -0.05) is 54.6 Å². The van der Waals surface area contributed by atoms with Crippen molar-refractivity contribution >= 4 is 11.9 Å². The second-order valence-electron chi connectivity index (χ2n) is 10.6. The molecule has 2 aromatic carbocycles. The molecule has 2 saturated heterocycles. The van der Waals surface area contributed by atoms with Crippen LogP contribution in [0, 0.1) is 0 Å². The zero-order valence-corrected chi connectivity index (χ0v) is 21.2. The monoisotopic (exact) mass is 486 g/mol. The number of hydrogen-bond donors (Lipinski definition) is 1. The zero-order chi connectivity index (χ0) is 25.3. The highest BCUT2D eigenvalue weighted by Crippen LogP contribution is 2.42. The summed E-state index contributed by atoms with van der Waals surface area (Å²) in [6.07, 6.45) is 1.79. The van der Waals surface area contributed by atoms with Crippen molar-refractivity contribution < 1.29 is 14.6 Å². The van der Waals surface area contributed by atoms with E-state index in [4.69, 9.17) is 4.74 Å². The molecule has 5 rings (SSSR count). The van der Waals surface area contributed by atoms with Crippen molar-refractivity contribution in [2.75, 3.05) is 24.5 Å². The molecule has 0 aliphatic carbocycles. The number of ether oxygens (including phenoxy) is 1. The highest BCUT2D eigenvalue weighted by molar-refractivity contribution is 5.70. The number of hydrogen-bond acceptors (Lipinski definition) is 6. The zero-order valence-electron chi connectivity index (χ0n) is 21.2. The van der Waals surface area contributed by atoms with Crippen LogP contribution in [0.4, 0.5) is 10.6 Å². The predicted molar refractivity (Wildman–Crippen MR) is 140 cm³/mol. The molecule has 1 aromatic heterocycles. The molecule has 0 radical (unpaired) electrons. The number of rotatable bonds is 7. The summed E-state index contributed by atoms with van der Waals surface area (Å²) < 4.78 is 6.13. The second kappa shape index (κ2) is 9.54. The van der Waals surface area contributed by atoms with E-state index < -0.39 is 11.2 Å². The number of nitrogens with zero attached hydrogens (tertiary/aromatic N) is 4. The van der Waals surface area contributed by atoms with E-state index in [9.17, 15) is 9.90 Å². The van der Waals surface area contributed by atoms with E-state index in [1.165, 1.54) is 6.42 Å². The maximum Gasteiger partial charge on any atom is 0.411 e. The molecule has 1 amide bonds. The van der Waals surface area contributed by atoms with E-state index in [-0.39, 0.29) is 12.1 Å². The number of carbonyl (C=O) groups excluding carboxylic acids is 1. The fourth-order valence-electron chi connectivity index (χ4n) is 5.20. The van der Waals surface area contributed by atoms with Gasteiger partial charge in [-0.15, -0.1) is 10.2 Å². The standard InChI is InChI=1S/C29H34N4O3/c1-21(22-10-12-23(13-11-22)25-14-15-26(31-30-25)32-17-7-18-32)33-19-16-29(36-27(33)34,20-28(2,3)35)24-8-5-4-6-9-24/h4-6,8-15,21,35H,7,16-20H2,1-3H3/t21-,29?/m0/s1. The summed E-state index contributed by atoms with van der Waals surface area (Å²) in [6.45, 7) is 8.16. The smallest absolute Gasteiger partial charge is 0.411 e. The molecule has 7 heteroatoms. The van der Waals surface area contributed by atoms with Gasteiger partial charge in [-0.2, -0.15) is 0 Å². The summed E-state index contributed by atoms with van der Waals surface area (Å²) in [5.74, 6) is 0.926. The Hall–Kier alpha value is -3.45. The fraction of sp³-hybridized carbons (Fsp3) is 0.414. The van der Waals surface area contributed by atoms with E-state index in [2.05, 4.69) is 15.1 Å². The molecule has 2 aliphatic rings. The van der Waals surface area contributed by atoms with Crippen LogP contribution < -0.4 is 4.90 Å². The summed E-state index contributed by atoms with van der Waals surface area (Å²) in [5, 5.41) is 19.4. The highest BCUT2D eigenvalue weighted by Gasteiger charge is 2.46. The van der Waals surface area contributed by atoms with Crippen LogP contribution in [-0.2, 0) is 10.3 Å². The molecule has 2 atom stereocenters. The Bertz CT molecular complexity index is 1190. The minimum absolute atomic E-state index is 0.151. The third kappa shape index (κ3) is 4.93. The SMILES string of the molecule is C[C@@H](c1ccc(-c2ccc(N3CCC3)nn2)cc1)N1CCC(CC(C)(C)O)(c2ccccc2)OC1=O. The van der Waals surface area contributed by atoms with Gasteiger partial charge >= 0.3 is 6.09 Å². The van der Waals surface area contributed by atoms with Crippen LogP contribution >= 0.6 is 0 Å². The van der Waals surface area contributed by atoms with Crippen LogP contribution in [0.25, 0.3) is 11.3 Å². The molecule has 1 unspecified atom stereocenters. The Balaban J connectivity index is 1.30. The normalized spacial score (nSPS) is 21.1. The molecule has 188 valence electrons. The first kappa shape index (κ1) is 24.3. The summed E-state index contributed by atoms with van der Waals surface area (Å²) in [5.41, 5.74) is 1.93. The van der Waals surface area contributed by atoms with Gasteiger partial charge < -0.3 is 19.6 Å². The summed E-state index contributed by atoms with van der Waals surface area (Å²) in [6, 6.07) is 21.8. The number of carbonyl (C=O) groups is 1. The second-order valence-corrected chi connectivity index (χ2v) is 10.6. The minimum Gasteiger partial charge on any atom is -0.438 e. The fourth-order valence-corrected chi connectivity index (χ4v) is 5.20. The van der Waals surface area contributed by atoms with Gasteiger partial charge in [-0.25, -0.2) is 4.79 Å². The van der Waals surface area contributed by atoms with Gasteiger partial charge in [0.2, 0.25) is 0 Å². The first-order valence-corrected chi connectivity index (χ1v) is 12.7. The van der Waals surface area contributed by atoms with Gasteiger partial charge in [-0.3, -0.25) is 0 Å². The van der Waals surface area contributed by atoms with Crippen molar-refractivity contribution in [1.29, 1.82) is 0 Å². The lowest BCUT2D eigenvalue weighted by Crippen LogP contribution is -2.51. The van der Waals surface area contributed by atoms with E-state index in [1.54, 1.807) is 18.7 Å². The van der Waals surface area contributed by atoms with Gasteiger partial charge in [-0.05, 0) is 50.5 Å². The lowest BCUT2D eigenvalue weighted by Gasteiger charge is -2.45. The summed E-state index contributed by atoms with van der Waals surface area (Å²) in [4.78, 5) is 17.3. The Kier molecular flexibility index (Phi) is 6.43. The molecule has 36 heavy (non-hydrogen) atoms. The summed E-state index contributed by atoms with van der Waals surface area (Å²) in [7, 11) is 0. The van der Waals surface area contributed by atoms with Crippen molar-refractivity contribution in [3.63, 3.8) is 0 Å². The Morgan fingerprint density at radius 2 is 1.72 bits per heavy atom. The third-order valence-electron chi connectivity index (χ3n) is 7.28.